The van der Waals surface area contributed by atoms with Gasteiger partial charge in [-0.05, 0) is 12.8 Å². The zero-order valence-corrected chi connectivity index (χ0v) is 7.44. The van der Waals surface area contributed by atoms with Crippen molar-refractivity contribution in [1.82, 2.24) is 9.97 Å². The van der Waals surface area contributed by atoms with Gasteiger partial charge >= 0.3 is 0 Å². The number of nitrogens with zero attached hydrogens (tertiary/aromatic N) is 1. The molecule has 0 saturated heterocycles. The SMILES string of the molecule is CCC#Cc1nc(CN)[nH]c1C. The first-order valence-electron chi connectivity index (χ1n) is 4.02. The van der Waals surface area contributed by atoms with Gasteiger partial charge in [-0.2, -0.15) is 0 Å². The van der Waals surface area contributed by atoms with Crippen molar-refractivity contribution in [1.29, 1.82) is 0 Å². The highest BCUT2D eigenvalue weighted by atomic mass is 14.9. The predicted octanol–water partition coefficient (Wildman–Crippen LogP) is 0.938. The number of nitrogens with one attached hydrogen (secondary N) is 1. The van der Waals surface area contributed by atoms with Crippen LogP contribution in [0.4, 0.5) is 0 Å². The molecule has 1 heterocycles. The fourth-order valence-corrected chi connectivity index (χ4v) is 0.913. The molecule has 3 N–H and O–H groups in total. The molecule has 0 amide bonds. The molecule has 0 unspecified atom stereocenters. The van der Waals surface area contributed by atoms with Crippen LogP contribution in [0.3, 0.4) is 0 Å². The van der Waals surface area contributed by atoms with Gasteiger partial charge in [-0.1, -0.05) is 12.8 Å². The first-order chi connectivity index (χ1) is 5.77. The molecular formula is C9H13N3. The van der Waals surface area contributed by atoms with Gasteiger partial charge in [0.05, 0.1) is 6.54 Å². The minimum atomic E-state index is 0.439. The van der Waals surface area contributed by atoms with Gasteiger partial charge in [-0.25, -0.2) is 4.98 Å². The lowest BCUT2D eigenvalue weighted by molar-refractivity contribution is 0.943. The van der Waals surface area contributed by atoms with Gasteiger partial charge in [0.25, 0.3) is 0 Å². The van der Waals surface area contributed by atoms with Gasteiger partial charge in [0.2, 0.25) is 0 Å². The van der Waals surface area contributed by atoms with Crippen molar-refractivity contribution < 1.29 is 0 Å². The van der Waals surface area contributed by atoms with Gasteiger partial charge < -0.3 is 10.7 Å². The Hall–Kier alpha value is -1.27. The van der Waals surface area contributed by atoms with Crippen molar-refractivity contribution in [2.45, 2.75) is 26.8 Å². The summed E-state index contributed by atoms with van der Waals surface area (Å²) in [6, 6.07) is 0. The van der Waals surface area contributed by atoms with E-state index in [1.165, 1.54) is 0 Å². The van der Waals surface area contributed by atoms with Crippen molar-refractivity contribution in [2.24, 2.45) is 5.73 Å². The molecule has 0 aliphatic heterocycles. The molecule has 1 aromatic heterocycles. The lowest BCUT2D eigenvalue weighted by Crippen LogP contribution is -1.97. The molecule has 64 valence electrons. The lowest BCUT2D eigenvalue weighted by Gasteiger charge is -1.82. The molecule has 1 aromatic rings. The van der Waals surface area contributed by atoms with Crippen molar-refractivity contribution in [3.05, 3.63) is 17.2 Å². The van der Waals surface area contributed by atoms with E-state index in [1.54, 1.807) is 0 Å². The second-order valence-electron chi connectivity index (χ2n) is 2.52. The summed E-state index contributed by atoms with van der Waals surface area (Å²) in [4.78, 5) is 7.28. The highest BCUT2D eigenvalue weighted by molar-refractivity contribution is 5.32. The second-order valence-corrected chi connectivity index (χ2v) is 2.52. The van der Waals surface area contributed by atoms with Gasteiger partial charge in [-0.3, -0.25) is 0 Å². The summed E-state index contributed by atoms with van der Waals surface area (Å²) in [5.74, 6) is 6.74. The van der Waals surface area contributed by atoms with Crippen molar-refractivity contribution in [3.63, 3.8) is 0 Å². The van der Waals surface area contributed by atoms with E-state index in [9.17, 15) is 0 Å². The second kappa shape index (κ2) is 3.93. The quantitative estimate of drug-likeness (QED) is 0.605. The van der Waals surface area contributed by atoms with Crippen molar-refractivity contribution in [2.75, 3.05) is 0 Å². The van der Waals surface area contributed by atoms with E-state index in [1.807, 2.05) is 13.8 Å². The zero-order valence-electron chi connectivity index (χ0n) is 7.44. The third kappa shape index (κ3) is 1.86. The molecule has 0 fully saturated rings. The van der Waals surface area contributed by atoms with E-state index in [2.05, 4.69) is 21.8 Å². The number of aryl methyl sites for hydroxylation is 1. The van der Waals surface area contributed by atoms with Crippen LogP contribution in [0.15, 0.2) is 0 Å². The van der Waals surface area contributed by atoms with Crippen LogP contribution in [0.25, 0.3) is 0 Å². The van der Waals surface area contributed by atoms with E-state index in [4.69, 9.17) is 5.73 Å². The maximum Gasteiger partial charge on any atom is 0.134 e. The minimum absolute atomic E-state index is 0.439. The first-order valence-corrected chi connectivity index (χ1v) is 4.02. The first kappa shape index (κ1) is 8.82. The van der Waals surface area contributed by atoms with Gasteiger partial charge in [0.15, 0.2) is 0 Å². The number of nitrogens with two attached hydrogens (primary N) is 1. The Balaban J connectivity index is 2.92. The average Bonchev–Trinajstić information content (AvgIpc) is 2.43. The molecule has 0 bridgehead atoms. The van der Waals surface area contributed by atoms with Gasteiger partial charge in [0.1, 0.15) is 11.5 Å². The molecular weight excluding hydrogens is 150 g/mol. The Bertz CT molecular complexity index is 314. The van der Waals surface area contributed by atoms with Crippen LogP contribution < -0.4 is 5.73 Å². The highest BCUT2D eigenvalue weighted by Gasteiger charge is 2.00. The molecule has 1 rings (SSSR count). The molecule has 0 aromatic carbocycles. The largest absolute Gasteiger partial charge is 0.344 e. The van der Waals surface area contributed by atoms with Crippen molar-refractivity contribution in [3.8, 4) is 11.8 Å². The summed E-state index contributed by atoms with van der Waals surface area (Å²) in [5, 5.41) is 0. The molecule has 0 radical (unpaired) electrons. The van der Waals surface area contributed by atoms with E-state index in [-0.39, 0.29) is 0 Å². The predicted molar refractivity (Wildman–Crippen MR) is 48.4 cm³/mol. The lowest BCUT2D eigenvalue weighted by atomic mass is 10.3. The topological polar surface area (TPSA) is 54.7 Å². The molecule has 12 heavy (non-hydrogen) atoms. The van der Waals surface area contributed by atoms with E-state index < -0.39 is 0 Å². The van der Waals surface area contributed by atoms with Crippen LogP contribution in [0, 0.1) is 18.8 Å². The number of imidazole rings is 1. The fraction of sp³-hybridized carbons (Fsp3) is 0.444. The number of hydrogen-bond acceptors (Lipinski definition) is 2. The highest BCUT2D eigenvalue weighted by Crippen LogP contribution is 2.02. The van der Waals surface area contributed by atoms with Gasteiger partial charge in [-0.15, -0.1) is 0 Å². The van der Waals surface area contributed by atoms with E-state index >= 15 is 0 Å². The number of rotatable bonds is 1. The molecule has 0 spiro atoms. The summed E-state index contributed by atoms with van der Waals surface area (Å²) in [6.07, 6.45) is 0.851. The number of aromatic amines is 1. The Morgan fingerprint density at radius 2 is 2.33 bits per heavy atom. The Morgan fingerprint density at radius 3 is 2.83 bits per heavy atom. The Labute approximate surface area is 72.4 Å². The third-order valence-corrected chi connectivity index (χ3v) is 1.51. The molecule has 0 aliphatic rings. The number of aromatic nitrogens is 2. The molecule has 3 heteroatoms. The minimum Gasteiger partial charge on any atom is -0.344 e. The molecule has 0 saturated carbocycles. The molecule has 0 aliphatic carbocycles. The Morgan fingerprint density at radius 1 is 1.58 bits per heavy atom. The van der Waals surface area contributed by atoms with E-state index in [0.29, 0.717) is 6.54 Å². The maximum absolute atomic E-state index is 5.42. The van der Waals surface area contributed by atoms with Gasteiger partial charge in [0, 0.05) is 12.1 Å². The monoisotopic (exact) mass is 163 g/mol. The van der Waals surface area contributed by atoms with Crippen LogP contribution in [0.5, 0.6) is 0 Å². The summed E-state index contributed by atoms with van der Waals surface area (Å²) in [7, 11) is 0. The van der Waals surface area contributed by atoms with Crippen LogP contribution in [0.1, 0.15) is 30.6 Å². The summed E-state index contributed by atoms with van der Waals surface area (Å²) < 4.78 is 0. The van der Waals surface area contributed by atoms with Crippen molar-refractivity contribution >= 4 is 0 Å². The molecule has 3 nitrogen and oxygen atoms in total. The van der Waals surface area contributed by atoms with Crippen LogP contribution >= 0.6 is 0 Å². The number of hydrogen-bond donors (Lipinski definition) is 2. The van der Waals surface area contributed by atoms with E-state index in [0.717, 1.165) is 23.6 Å². The van der Waals surface area contributed by atoms with Crippen LogP contribution in [0.2, 0.25) is 0 Å². The fourth-order valence-electron chi connectivity index (χ4n) is 0.913. The standard InChI is InChI=1S/C9H13N3/c1-3-4-5-8-7(2)11-9(6-10)12-8/h3,6,10H2,1-2H3,(H,11,12). The average molecular weight is 163 g/mol. The maximum atomic E-state index is 5.42. The van der Waals surface area contributed by atoms with Crippen LogP contribution in [-0.4, -0.2) is 9.97 Å². The zero-order chi connectivity index (χ0) is 8.97. The van der Waals surface area contributed by atoms with Crippen LogP contribution in [-0.2, 0) is 6.54 Å². The third-order valence-electron chi connectivity index (χ3n) is 1.51. The summed E-state index contributed by atoms with van der Waals surface area (Å²) >= 11 is 0. The smallest absolute Gasteiger partial charge is 0.134 e. The summed E-state index contributed by atoms with van der Waals surface area (Å²) in [5.41, 5.74) is 7.23. The Kier molecular flexibility index (Phi) is 2.89. The summed E-state index contributed by atoms with van der Waals surface area (Å²) in [6.45, 7) is 4.40. The normalized spacial score (nSPS) is 9.25. The molecule has 0 atom stereocenters. The number of H-pyrrole nitrogens is 1.